The molecule has 0 spiro atoms. The number of halogens is 2. The molecule has 2 heterocycles. The van der Waals surface area contributed by atoms with Crippen molar-refractivity contribution in [1.82, 2.24) is 10.2 Å². The number of carboxylic acid groups (broad SMARTS) is 1. The minimum absolute atomic E-state index is 0.0225. The van der Waals surface area contributed by atoms with Crippen LogP contribution in [0.2, 0.25) is 10.0 Å². The molecule has 2 aromatic rings. The molecule has 2 atom stereocenters. The molecule has 6 nitrogen and oxygen atoms in total. The molecule has 2 N–H and O–H groups in total. The van der Waals surface area contributed by atoms with Crippen LogP contribution in [0.25, 0.3) is 5.57 Å². The number of amides is 1. The van der Waals surface area contributed by atoms with Gasteiger partial charge in [0.25, 0.3) is 0 Å². The molecule has 0 aromatic heterocycles. The topological polar surface area (TPSA) is 78.9 Å². The van der Waals surface area contributed by atoms with Crippen LogP contribution >= 0.6 is 23.2 Å². The summed E-state index contributed by atoms with van der Waals surface area (Å²) in [6, 6.07) is 13.1. The number of hydrogen-bond donors (Lipinski definition) is 2. The summed E-state index contributed by atoms with van der Waals surface area (Å²) in [6.07, 6.45) is 2.21. The van der Waals surface area contributed by atoms with Crippen molar-refractivity contribution in [3.63, 3.8) is 0 Å². The number of nitrogens with zero attached hydrogens (tertiary/aromatic N) is 1. The summed E-state index contributed by atoms with van der Waals surface area (Å²) in [4.78, 5) is 25.6. The SMILES string of the molecule is CC(=O)N1CC2CC(c3ccc(CCCOc4cccc(Cl)c4Cl)cc3)=C(C(=O)O)C(C1)N2. The lowest BCUT2D eigenvalue weighted by Crippen LogP contribution is -2.61. The third-order valence-electron chi connectivity index (χ3n) is 6.17. The van der Waals surface area contributed by atoms with Gasteiger partial charge in [0, 0.05) is 26.1 Å². The van der Waals surface area contributed by atoms with Crippen molar-refractivity contribution < 1.29 is 19.4 Å². The average Bonchev–Trinajstić information content (AvgIpc) is 2.78. The first-order valence-electron chi connectivity index (χ1n) is 11.0. The summed E-state index contributed by atoms with van der Waals surface area (Å²) < 4.78 is 5.74. The van der Waals surface area contributed by atoms with E-state index in [2.05, 4.69) is 5.32 Å². The maximum Gasteiger partial charge on any atom is 0.333 e. The Morgan fingerprint density at radius 3 is 2.61 bits per heavy atom. The molecule has 8 heteroatoms. The van der Waals surface area contributed by atoms with Crippen LogP contribution in [0.3, 0.4) is 0 Å². The Bertz CT molecular complexity index is 1080. The van der Waals surface area contributed by atoms with Gasteiger partial charge >= 0.3 is 5.97 Å². The predicted octanol–water partition coefficient (Wildman–Crippen LogP) is 4.44. The Morgan fingerprint density at radius 2 is 1.91 bits per heavy atom. The van der Waals surface area contributed by atoms with Crippen molar-refractivity contribution in [3.05, 3.63) is 69.2 Å². The largest absolute Gasteiger partial charge is 0.492 e. The number of aryl methyl sites for hydroxylation is 1. The van der Waals surface area contributed by atoms with E-state index in [1.807, 2.05) is 24.3 Å². The summed E-state index contributed by atoms with van der Waals surface area (Å²) in [5, 5.41) is 14.2. The molecular weight excluding hydrogens is 463 g/mol. The van der Waals surface area contributed by atoms with Crippen LogP contribution in [0, 0.1) is 0 Å². The number of rotatable bonds is 7. The van der Waals surface area contributed by atoms with E-state index in [9.17, 15) is 14.7 Å². The van der Waals surface area contributed by atoms with Crippen molar-refractivity contribution in [2.75, 3.05) is 19.7 Å². The Labute approximate surface area is 203 Å². The van der Waals surface area contributed by atoms with E-state index in [1.54, 1.807) is 23.1 Å². The maximum absolute atomic E-state index is 12.1. The van der Waals surface area contributed by atoms with Crippen molar-refractivity contribution in [1.29, 1.82) is 0 Å². The first kappa shape index (κ1) is 23.6. The van der Waals surface area contributed by atoms with Crippen molar-refractivity contribution in [3.8, 4) is 5.75 Å². The van der Waals surface area contributed by atoms with Gasteiger partial charge in [-0.15, -0.1) is 0 Å². The quantitative estimate of drug-likeness (QED) is 0.563. The van der Waals surface area contributed by atoms with Crippen LogP contribution in [-0.2, 0) is 16.0 Å². The third-order valence-corrected chi connectivity index (χ3v) is 6.97. The van der Waals surface area contributed by atoms with E-state index in [4.69, 9.17) is 27.9 Å². The second-order valence-corrected chi connectivity index (χ2v) is 9.23. The van der Waals surface area contributed by atoms with Gasteiger partial charge in [-0.1, -0.05) is 53.5 Å². The van der Waals surface area contributed by atoms with Crippen LogP contribution in [0.1, 0.15) is 30.9 Å². The number of carbonyl (C=O) groups is 2. The zero-order chi connectivity index (χ0) is 23.5. The predicted molar refractivity (Wildman–Crippen MR) is 129 cm³/mol. The van der Waals surface area contributed by atoms with Crippen molar-refractivity contribution in [2.45, 2.75) is 38.3 Å². The smallest absolute Gasteiger partial charge is 0.333 e. The monoisotopic (exact) mass is 488 g/mol. The van der Waals surface area contributed by atoms with Gasteiger partial charge < -0.3 is 20.1 Å². The number of aliphatic carboxylic acids is 1. The van der Waals surface area contributed by atoms with E-state index in [0.717, 1.165) is 29.5 Å². The zero-order valence-corrected chi connectivity index (χ0v) is 19.8. The van der Waals surface area contributed by atoms with Gasteiger partial charge in [0.1, 0.15) is 10.8 Å². The Morgan fingerprint density at radius 1 is 1.15 bits per heavy atom. The highest BCUT2D eigenvalue weighted by molar-refractivity contribution is 6.42. The Hall–Kier alpha value is -2.54. The minimum Gasteiger partial charge on any atom is -0.492 e. The van der Waals surface area contributed by atoms with Crippen LogP contribution in [-0.4, -0.2) is 53.7 Å². The maximum atomic E-state index is 12.1. The first-order valence-corrected chi connectivity index (χ1v) is 11.7. The molecule has 0 saturated carbocycles. The summed E-state index contributed by atoms with van der Waals surface area (Å²) >= 11 is 12.2. The number of hydrogen-bond acceptors (Lipinski definition) is 4. The lowest BCUT2D eigenvalue weighted by Gasteiger charge is -2.43. The minimum atomic E-state index is -0.938. The molecule has 2 aliphatic heterocycles. The fourth-order valence-corrected chi connectivity index (χ4v) is 4.90. The molecule has 0 aliphatic carbocycles. The molecule has 2 unspecified atom stereocenters. The molecule has 2 bridgehead atoms. The van der Waals surface area contributed by atoms with E-state index >= 15 is 0 Å². The highest BCUT2D eigenvalue weighted by Crippen LogP contribution is 2.34. The molecule has 33 heavy (non-hydrogen) atoms. The lowest BCUT2D eigenvalue weighted by atomic mass is 9.83. The molecule has 0 radical (unpaired) electrons. The van der Waals surface area contributed by atoms with Gasteiger partial charge in [-0.2, -0.15) is 0 Å². The Balaban J connectivity index is 1.41. The average molecular weight is 489 g/mol. The van der Waals surface area contributed by atoms with Crippen LogP contribution in [0.4, 0.5) is 0 Å². The first-order chi connectivity index (χ1) is 15.8. The summed E-state index contributed by atoms with van der Waals surface area (Å²) in [6.45, 7) is 3.01. The normalized spacial score (nSPS) is 20.0. The Kier molecular flexibility index (Phi) is 7.27. The van der Waals surface area contributed by atoms with Gasteiger partial charge in [-0.3, -0.25) is 4.79 Å². The van der Waals surface area contributed by atoms with Gasteiger partial charge in [0.15, 0.2) is 0 Å². The van der Waals surface area contributed by atoms with Crippen molar-refractivity contribution in [2.24, 2.45) is 0 Å². The number of ether oxygens (including phenoxy) is 1. The van der Waals surface area contributed by atoms with Crippen molar-refractivity contribution >= 4 is 40.7 Å². The summed E-state index contributed by atoms with van der Waals surface area (Å²) in [5.41, 5.74) is 3.28. The molecule has 2 aliphatic rings. The number of carbonyl (C=O) groups excluding carboxylic acids is 1. The van der Waals surface area contributed by atoms with Gasteiger partial charge in [0.05, 0.1) is 23.2 Å². The highest BCUT2D eigenvalue weighted by Gasteiger charge is 2.38. The van der Waals surface area contributed by atoms with Crippen LogP contribution < -0.4 is 10.1 Å². The van der Waals surface area contributed by atoms with E-state index in [1.165, 1.54) is 6.92 Å². The van der Waals surface area contributed by atoms with Crippen LogP contribution in [0.15, 0.2) is 48.0 Å². The fraction of sp³-hybridized carbons (Fsp3) is 0.360. The van der Waals surface area contributed by atoms with E-state index in [0.29, 0.717) is 47.5 Å². The molecule has 1 fully saturated rings. The second-order valence-electron chi connectivity index (χ2n) is 8.44. The highest BCUT2D eigenvalue weighted by atomic mass is 35.5. The zero-order valence-electron chi connectivity index (χ0n) is 18.3. The second kappa shape index (κ2) is 10.2. The molecule has 1 amide bonds. The molecule has 174 valence electrons. The van der Waals surface area contributed by atoms with Gasteiger partial charge in [-0.25, -0.2) is 4.79 Å². The number of fused-ring (bicyclic) bond motifs is 2. The van der Waals surface area contributed by atoms with Gasteiger partial charge in [-0.05, 0) is 48.1 Å². The van der Waals surface area contributed by atoms with E-state index < -0.39 is 5.97 Å². The number of carboxylic acids is 1. The number of piperazine rings is 1. The lowest BCUT2D eigenvalue weighted by molar-refractivity contribution is -0.135. The molecule has 2 aromatic carbocycles. The van der Waals surface area contributed by atoms with Gasteiger partial charge in [0.2, 0.25) is 5.91 Å². The molecule has 4 rings (SSSR count). The number of nitrogens with one attached hydrogen (secondary N) is 1. The number of benzene rings is 2. The summed E-state index contributed by atoms with van der Waals surface area (Å²) in [5.74, 6) is -0.384. The van der Waals surface area contributed by atoms with Crippen LogP contribution in [0.5, 0.6) is 5.75 Å². The fourth-order valence-electron chi connectivity index (χ4n) is 4.55. The third kappa shape index (κ3) is 5.35. The standard InChI is InChI=1S/C25H26Cl2N2O4/c1-15(30)29-13-18-12-19(23(25(31)32)21(14-29)28-18)17-9-7-16(8-10-17)4-3-11-33-22-6-2-5-20(26)24(22)27/h2,5-10,18,21,28H,3-4,11-14H2,1H3,(H,31,32). The molecular formula is C25H26Cl2N2O4. The molecule has 1 saturated heterocycles. The summed E-state index contributed by atoms with van der Waals surface area (Å²) in [7, 11) is 0. The van der Waals surface area contributed by atoms with E-state index in [-0.39, 0.29) is 18.0 Å².